The van der Waals surface area contributed by atoms with E-state index in [1.165, 1.54) is 33.3 Å². The smallest absolute Gasteiger partial charge is 0.0852 e. The normalized spacial score (nSPS) is 14.8. The number of likely N-dealkylation sites (N-methyl/N-ethyl adjacent to an activating group) is 1. The molecule has 0 amide bonds. The number of hydrogen-bond donors (Lipinski definition) is 1. The van der Waals surface area contributed by atoms with Crippen LogP contribution in [0.5, 0.6) is 0 Å². The molecule has 3 heterocycles. The Kier molecular flexibility index (Phi) is 4.32. The zero-order valence-electron chi connectivity index (χ0n) is 15.0. The Labute approximate surface area is 148 Å². The summed E-state index contributed by atoms with van der Waals surface area (Å²) in [7, 11) is 2.20. The molecule has 4 rings (SSSR count). The van der Waals surface area contributed by atoms with Gasteiger partial charge in [0.2, 0.25) is 0 Å². The second kappa shape index (κ2) is 6.62. The van der Waals surface area contributed by atoms with Crippen LogP contribution in [-0.2, 0) is 32.5 Å². The van der Waals surface area contributed by atoms with Crippen LogP contribution in [0.3, 0.4) is 0 Å². The molecule has 0 unspecified atom stereocenters. The molecule has 25 heavy (non-hydrogen) atoms. The van der Waals surface area contributed by atoms with Gasteiger partial charge in [0.05, 0.1) is 12.3 Å². The van der Waals surface area contributed by atoms with E-state index in [9.17, 15) is 0 Å². The van der Waals surface area contributed by atoms with E-state index in [1.54, 1.807) is 0 Å². The second-order valence-corrected chi connectivity index (χ2v) is 7.15. The minimum absolute atomic E-state index is 0.00287. The Bertz CT molecular complexity index is 896. The van der Waals surface area contributed by atoms with Crippen LogP contribution in [0.1, 0.15) is 28.1 Å². The van der Waals surface area contributed by atoms with Gasteiger partial charge in [-0.05, 0) is 49.7 Å². The molecular weight excluding hydrogens is 310 g/mol. The largest absolute Gasteiger partial charge is 0.390 e. The van der Waals surface area contributed by atoms with E-state index in [-0.39, 0.29) is 6.61 Å². The quantitative estimate of drug-likeness (QED) is 0.797. The lowest BCUT2D eigenvalue weighted by Crippen LogP contribution is -2.27. The summed E-state index contributed by atoms with van der Waals surface area (Å²) in [6.45, 7) is 5.30. The molecule has 1 aliphatic rings. The van der Waals surface area contributed by atoms with Crippen molar-refractivity contribution in [2.24, 2.45) is 0 Å². The first-order valence-electron chi connectivity index (χ1n) is 8.99. The van der Waals surface area contributed by atoms with Crippen molar-refractivity contribution in [3.63, 3.8) is 0 Å². The third-order valence-electron chi connectivity index (χ3n) is 5.27. The number of hydrogen-bond acceptors (Lipinski definition) is 3. The monoisotopic (exact) mass is 335 g/mol. The van der Waals surface area contributed by atoms with Crippen LogP contribution in [0.2, 0.25) is 0 Å². The van der Waals surface area contributed by atoms with E-state index in [0.717, 1.165) is 38.2 Å². The molecule has 4 nitrogen and oxygen atoms in total. The van der Waals surface area contributed by atoms with Gasteiger partial charge < -0.3 is 14.6 Å². The average molecular weight is 335 g/mol. The van der Waals surface area contributed by atoms with Crippen molar-refractivity contribution in [3.8, 4) is 0 Å². The van der Waals surface area contributed by atoms with Gasteiger partial charge in [-0.15, -0.1) is 0 Å². The maximum atomic E-state index is 9.13. The molecule has 1 N–H and O–H groups in total. The van der Waals surface area contributed by atoms with E-state index in [1.807, 2.05) is 12.3 Å². The van der Waals surface area contributed by atoms with Crippen molar-refractivity contribution in [2.75, 3.05) is 13.6 Å². The summed E-state index contributed by atoms with van der Waals surface area (Å²) in [6, 6.07) is 10.8. The molecule has 0 saturated carbocycles. The second-order valence-electron chi connectivity index (χ2n) is 7.15. The summed E-state index contributed by atoms with van der Waals surface area (Å²) in [4.78, 5) is 6.71. The molecule has 0 radical (unpaired) electrons. The van der Waals surface area contributed by atoms with Gasteiger partial charge in [0.1, 0.15) is 0 Å². The molecular formula is C21H25N3O. The van der Waals surface area contributed by atoms with Crippen LogP contribution >= 0.6 is 0 Å². The van der Waals surface area contributed by atoms with E-state index in [4.69, 9.17) is 5.11 Å². The van der Waals surface area contributed by atoms with Crippen LogP contribution in [0.25, 0.3) is 10.9 Å². The summed E-state index contributed by atoms with van der Waals surface area (Å²) in [5, 5.41) is 10.5. The Balaban J connectivity index is 1.68. The Hall–Kier alpha value is -2.17. The highest BCUT2D eigenvalue weighted by atomic mass is 16.3. The first-order valence-corrected chi connectivity index (χ1v) is 8.99. The van der Waals surface area contributed by atoms with Gasteiger partial charge in [0, 0.05) is 48.8 Å². The first kappa shape index (κ1) is 16.3. The fourth-order valence-electron chi connectivity index (χ4n) is 3.89. The van der Waals surface area contributed by atoms with Gasteiger partial charge in [-0.25, -0.2) is 0 Å². The van der Waals surface area contributed by atoms with Crippen LogP contribution in [-0.4, -0.2) is 33.1 Å². The highest BCUT2D eigenvalue weighted by Crippen LogP contribution is 2.31. The van der Waals surface area contributed by atoms with Gasteiger partial charge in [-0.3, -0.25) is 4.98 Å². The molecule has 0 saturated heterocycles. The summed E-state index contributed by atoms with van der Waals surface area (Å²) in [6.07, 6.45) is 3.96. The fourth-order valence-corrected chi connectivity index (χ4v) is 3.89. The van der Waals surface area contributed by atoms with E-state index >= 15 is 0 Å². The topological polar surface area (TPSA) is 41.3 Å². The molecule has 0 aliphatic carbocycles. The molecule has 1 aliphatic heterocycles. The highest BCUT2D eigenvalue weighted by molar-refractivity contribution is 5.86. The Morgan fingerprint density at radius 3 is 2.84 bits per heavy atom. The predicted octanol–water partition coefficient (Wildman–Crippen LogP) is 3.07. The number of rotatable bonds is 4. The molecule has 4 heteroatoms. The van der Waals surface area contributed by atoms with Gasteiger partial charge in [0.15, 0.2) is 0 Å². The van der Waals surface area contributed by atoms with Crippen LogP contribution in [0, 0.1) is 6.92 Å². The molecule has 0 bridgehead atoms. The molecule has 0 atom stereocenters. The zero-order chi connectivity index (χ0) is 17.4. The number of pyridine rings is 1. The van der Waals surface area contributed by atoms with Crippen molar-refractivity contribution in [1.29, 1.82) is 0 Å². The summed E-state index contributed by atoms with van der Waals surface area (Å²) >= 11 is 0. The van der Waals surface area contributed by atoms with Gasteiger partial charge in [-0.1, -0.05) is 17.7 Å². The summed E-state index contributed by atoms with van der Waals surface area (Å²) in [5.41, 5.74) is 7.62. The SMILES string of the molecule is Cc1ccc2c(c1)c1c(n2CCc2ccc(CO)nc2)CCN(C)C1. The minimum Gasteiger partial charge on any atom is -0.390 e. The van der Waals surface area contributed by atoms with Crippen molar-refractivity contribution in [1.82, 2.24) is 14.5 Å². The van der Waals surface area contributed by atoms with Gasteiger partial charge in [0.25, 0.3) is 0 Å². The van der Waals surface area contributed by atoms with Crippen LogP contribution < -0.4 is 0 Å². The number of aromatic nitrogens is 2. The van der Waals surface area contributed by atoms with E-state index < -0.39 is 0 Å². The zero-order valence-corrected chi connectivity index (χ0v) is 15.0. The van der Waals surface area contributed by atoms with Crippen molar-refractivity contribution < 1.29 is 5.11 Å². The van der Waals surface area contributed by atoms with E-state index in [2.05, 4.69) is 52.7 Å². The number of benzene rings is 1. The molecule has 1 aromatic carbocycles. The number of fused-ring (bicyclic) bond motifs is 3. The van der Waals surface area contributed by atoms with Crippen LogP contribution in [0.4, 0.5) is 0 Å². The molecule has 130 valence electrons. The number of aliphatic hydroxyl groups is 1. The maximum Gasteiger partial charge on any atom is 0.0852 e. The van der Waals surface area contributed by atoms with E-state index in [0.29, 0.717) is 0 Å². The maximum absolute atomic E-state index is 9.13. The third-order valence-corrected chi connectivity index (χ3v) is 5.27. The standard InChI is InChI=1S/C21H25N3O/c1-15-3-6-20-18(11-15)19-13-23(2)9-8-21(19)24(20)10-7-16-4-5-17(14-25)22-12-16/h3-6,11-12,25H,7-10,13-14H2,1-2H3. The molecule has 0 fully saturated rings. The van der Waals surface area contributed by atoms with Crippen LogP contribution in [0.15, 0.2) is 36.5 Å². The molecule has 0 spiro atoms. The lowest BCUT2D eigenvalue weighted by molar-refractivity contribution is 0.277. The number of nitrogens with zero attached hydrogens (tertiary/aromatic N) is 3. The molecule has 2 aromatic heterocycles. The van der Waals surface area contributed by atoms with Crippen molar-refractivity contribution in [2.45, 2.75) is 39.5 Å². The van der Waals surface area contributed by atoms with Crippen molar-refractivity contribution >= 4 is 10.9 Å². The average Bonchev–Trinajstić information content (AvgIpc) is 2.92. The minimum atomic E-state index is 0.00287. The third kappa shape index (κ3) is 3.08. The Morgan fingerprint density at radius 2 is 2.08 bits per heavy atom. The highest BCUT2D eigenvalue weighted by Gasteiger charge is 2.22. The lowest BCUT2D eigenvalue weighted by atomic mass is 10.0. The number of aryl methyl sites for hydroxylation is 3. The number of aliphatic hydroxyl groups excluding tert-OH is 1. The lowest BCUT2D eigenvalue weighted by Gasteiger charge is -2.24. The Morgan fingerprint density at radius 1 is 1.20 bits per heavy atom. The first-order chi connectivity index (χ1) is 12.2. The van der Waals surface area contributed by atoms with Gasteiger partial charge in [-0.2, -0.15) is 0 Å². The predicted molar refractivity (Wildman–Crippen MR) is 101 cm³/mol. The van der Waals surface area contributed by atoms with Crippen molar-refractivity contribution in [3.05, 3.63) is 64.6 Å². The van der Waals surface area contributed by atoms with Gasteiger partial charge >= 0.3 is 0 Å². The molecule has 3 aromatic rings. The summed E-state index contributed by atoms with van der Waals surface area (Å²) < 4.78 is 2.51. The summed E-state index contributed by atoms with van der Waals surface area (Å²) in [5.74, 6) is 0. The fraction of sp³-hybridized carbons (Fsp3) is 0.381.